The lowest BCUT2D eigenvalue weighted by molar-refractivity contribution is 0.483. The van der Waals surface area contributed by atoms with Gasteiger partial charge in [0.05, 0.1) is 22.4 Å². The van der Waals surface area contributed by atoms with Crippen LogP contribution >= 0.6 is 0 Å². The van der Waals surface area contributed by atoms with Gasteiger partial charge in [0.1, 0.15) is 11.5 Å². The minimum absolute atomic E-state index is 0.801. The molecule has 3 heteroatoms. The molecule has 0 spiro atoms. The molecule has 0 fully saturated rings. The molecular formula is C34H22N2O. The van der Waals surface area contributed by atoms with E-state index in [0.717, 1.165) is 55.8 Å². The molecule has 7 rings (SSSR count). The smallest absolute Gasteiger partial charge is 0.127 e. The second-order valence-electron chi connectivity index (χ2n) is 9.06. The summed E-state index contributed by atoms with van der Waals surface area (Å²) < 4.78 is 6.04. The lowest BCUT2D eigenvalue weighted by Gasteiger charge is -2.13. The van der Waals surface area contributed by atoms with Gasteiger partial charge in [-0.2, -0.15) is 0 Å². The lowest BCUT2D eigenvalue weighted by Crippen LogP contribution is -1.93. The summed E-state index contributed by atoms with van der Waals surface area (Å²) in [6, 6.07) is 45.4. The van der Waals surface area contributed by atoms with Crippen LogP contribution in [0.5, 0.6) is 11.5 Å². The van der Waals surface area contributed by atoms with Crippen LogP contribution in [0.1, 0.15) is 0 Å². The molecule has 0 bridgehead atoms. The fourth-order valence-corrected chi connectivity index (χ4v) is 4.90. The lowest BCUT2D eigenvalue weighted by atomic mass is 9.95. The number of hydrogen-bond donors (Lipinski definition) is 0. The molecule has 0 aliphatic heterocycles. The van der Waals surface area contributed by atoms with Gasteiger partial charge < -0.3 is 4.74 Å². The van der Waals surface area contributed by atoms with Crippen LogP contribution < -0.4 is 4.74 Å². The summed E-state index contributed by atoms with van der Waals surface area (Å²) in [6.07, 6.45) is 0. The summed E-state index contributed by atoms with van der Waals surface area (Å²) in [6.45, 7) is 0. The second kappa shape index (κ2) is 8.89. The van der Waals surface area contributed by atoms with Crippen molar-refractivity contribution in [1.82, 2.24) is 9.97 Å². The van der Waals surface area contributed by atoms with Gasteiger partial charge in [0.15, 0.2) is 0 Å². The fourth-order valence-electron chi connectivity index (χ4n) is 4.90. The van der Waals surface area contributed by atoms with E-state index in [1.54, 1.807) is 0 Å². The standard InChI is InChI=1S/C34H22N2O/c1-2-10-26(11-3-1)37-27-18-14-24(15-19-27)29-22-33(31-20-17-25-9-5-7-13-30(25)35-31)36-32-21-16-23-8-4-6-12-28(23)34(29)32/h1-22H. The molecule has 0 saturated carbocycles. The van der Waals surface area contributed by atoms with Crippen molar-refractivity contribution in [2.24, 2.45) is 0 Å². The Morgan fingerprint density at radius 3 is 2.00 bits per heavy atom. The van der Waals surface area contributed by atoms with Crippen LogP contribution in [0.15, 0.2) is 133 Å². The predicted octanol–water partition coefficient (Wildman–Crippen LogP) is 9.06. The first-order valence-corrected chi connectivity index (χ1v) is 12.3. The molecule has 0 N–H and O–H groups in total. The number of ether oxygens (including phenoxy) is 1. The average molecular weight is 475 g/mol. The van der Waals surface area contributed by atoms with Crippen LogP contribution in [-0.4, -0.2) is 9.97 Å². The number of nitrogens with zero attached hydrogens (tertiary/aromatic N) is 2. The molecule has 37 heavy (non-hydrogen) atoms. The Morgan fingerprint density at radius 2 is 1.14 bits per heavy atom. The maximum atomic E-state index is 6.04. The first kappa shape index (κ1) is 21.3. The van der Waals surface area contributed by atoms with Gasteiger partial charge in [0.25, 0.3) is 0 Å². The Balaban J connectivity index is 1.41. The molecule has 7 aromatic rings. The molecule has 0 amide bonds. The van der Waals surface area contributed by atoms with E-state index in [0.29, 0.717) is 0 Å². The third-order valence-corrected chi connectivity index (χ3v) is 6.70. The van der Waals surface area contributed by atoms with E-state index in [1.165, 1.54) is 10.8 Å². The summed E-state index contributed by atoms with van der Waals surface area (Å²) in [4.78, 5) is 10.0. The first-order chi connectivity index (χ1) is 18.3. The molecule has 174 valence electrons. The highest BCUT2D eigenvalue weighted by Gasteiger charge is 2.14. The zero-order valence-corrected chi connectivity index (χ0v) is 20.0. The highest BCUT2D eigenvalue weighted by molar-refractivity contribution is 6.13. The Bertz CT molecular complexity index is 1890. The summed E-state index contributed by atoms with van der Waals surface area (Å²) in [5.41, 5.74) is 5.85. The van der Waals surface area contributed by atoms with E-state index in [9.17, 15) is 0 Å². The first-order valence-electron chi connectivity index (χ1n) is 12.3. The van der Waals surface area contributed by atoms with Gasteiger partial charge in [0, 0.05) is 10.8 Å². The van der Waals surface area contributed by atoms with Crippen LogP contribution in [0, 0.1) is 0 Å². The molecule has 0 aliphatic carbocycles. The van der Waals surface area contributed by atoms with Crippen molar-refractivity contribution < 1.29 is 4.74 Å². The second-order valence-corrected chi connectivity index (χ2v) is 9.06. The normalized spacial score (nSPS) is 11.2. The maximum Gasteiger partial charge on any atom is 0.127 e. The number of pyridine rings is 2. The number of aromatic nitrogens is 2. The van der Waals surface area contributed by atoms with Crippen molar-refractivity contribution in [3.05, 3.63) is 133 Å². The third kappa shape index (κ3) is 3.97. The van der Waals surface area contributed by atoms with Crippen molar-refractivity contribution >= 4 is 32.6 Å². The number of para-hydroxylation sites is 2. The average Bonchev–Trinajstić information content (AvgIpc) is 2.97. The Labute approximate surface area is 214 Å². The van der Waals surface area contributed by atoms with Gasteiger partial charge >= 0.3 is 0 Å². The van der Waals surface area contributed by atoms with E-state index < -0.39 is 0 Å². The van der Waals surface area contributed by atoms with Crippen LogP contribution in [0.25, 0.3) is 55.1 Å². The Kier molecular flexibility index (Phi) is 5.11. The summed E-state index contributed by atoms with van der Waals surface area (Å²) in [5.74, 6) is 1.62. The van der Waals surface area contributed by atoms with Crippen LogP contribution in [0.3, 0.4) is 0 Å². The van der Waals surface area contributed by atoms with Crippen molar-refractivity contribution in [2.45, 2.75) is 0 Å². The molecule has 5 aromatic carbocycles. The minimum Gasteiger partial charge on any atom is -0.457 e. The van der Waals surface area contributed by atoms with Crippen molar-refractivity contribution in [3.63, 3.8) is 0 Å². The highest BCUT2D eigenvalue weighted by atomic mass is 16.5. The minimum atomic E-state index is 0.801. The molecule has 2 aromatic heterocycles. The van der Waals surface area contributed by atoms with E-state index >= 15 is 0 Å². The number of fused-ring (bicyclic) bond motifs is 4. The zero-order valence-electron chi connectivity index (χ0n) is 20.0. The molecule has 2 heterocycles. The zero-order chi connectivity index (χ0) is 24.6. The van der Waals surface area contributed by atoms with E-state index in [2.05, 4.69) is 72.8 Å². The Hall–Kier alpha value is -5.02. The third-order valence-electron chi connectivity index (χ3n) is 6.70. The molecule has 0 unspecified atom stereocenters. The summed E-state index contributed by atoms with van der Waals surface area (Å²) in [5, 5.41) is 4.63. The molecule has 0 radical (unpaired) electrons. The molecule has 0 atom stereocenters. The summed E-state index contributed by atoms with van der Waals surface area (Å²) in [7, 11) is 0. The van der Waals surface area contributed by atoms with Gasteiger partial charge in [-0.1, -0.05) is 84.9 Å². The molecular weight excluding hydrogens is 452 g/mol. The van der Waals surface area contributed by atoms with Crippen LogP contribution in [-0.2, 0) is 0 Å². The van der Waals surface area contributed by atoms with Crippen LogP contribution in [0.4, 0.5) is 0 Å². The van der Waals surface area contributed by atoms with Crippen molar-refractivity contribution in [2.75, 3.05) is 0 Å². The quantitative estimate of drug-likeness (QED) is 0.239. The highest BCUT2D eigenvalue weighted by Crippen LogP contribution is 2.37. The largest absolute Gasteiger partial charge is 0.457 e. The molecule has 3 nitrogen and oxygen atoms in total. The van der Waals surface area contributed by atoms with Gasteiger partial charge in [-0.05, 0) is 70.4 Å². The predicted molar refractivity (Wildman–Crippen MR) is 152 cm³/mol. The Morgan fingerprint density at radius 1 is 0.459 bits per heavy atom. The van der Waals surface area contributed by atoms with E-state index in [4.69, 9.17) is 14.7 Å². The van der Waals surface area contributed by atoms with Gasteiger partial charge in [-0.3, -0.25) is 0 Å². The molecule has 0 saturated heterocycles. The SMILES string of the molecule is c1ccc(Oc2ccc(-c3cc(-c4ccc5ccccc5n4)nc4ccc5ccccc5c34)cc2)cc1. The topological polar surface area (TPSA) is 35.0 Å². The monoisotopic (exact) mass is 474 g/mol. The van der Waals surface area contributed by atoms with Crippen molar-refractivity contribution in [3.8, 4) is 34.0 Å². The van der Waals surface area contributed by atoms with Crippen molar-refractivity contribution in [1.29, 1.82) is 0 Å². The maximum absolute atomic E-state index is 6.04. The fraction of sp³-hybridized carbons (Fsp3) is 0. The number of benzene rings is 5. The van der Waals surface area contributed by atoms with E-state index in [1.807, 2.05) is 60.7 Å². The number of hydrogen-bond acceptors (Lipinski definition) is 3. The van der Waals surface area contributed by atoms with Gasteiger partial charge in [0.2, 0.25) is 0 Å². The number of rotatable bonds is 4. The summed E-state index contributed by atoms with van der Waals surface area (Å²) >= 11 is 0. The van der Waals surface area contributed by atoms with E-state index in [-0.39, 0.29) is 0 Å². The molecule has 0 aliphatic rings. The van der Waals surface area contributed by atoms with Gasteiger partial charge in [-0.15, -0.1) is 0 Å². The van der Waals surface area contributed by atoms with Gasteiger partial charge in [-0.25, -0.2) is 9.97 Å². The van der Waals surface area contributed by atoms with Crippen LogP contribution in [0.2, 0.25) is 0 Å².